The standard InChI is InChI=1S/C15H15BrClN3O/c1-9-12(10(2)21-19-9)8-20-14-7-11(16)3-4-13(14)18-15(20)5-6-17/h3-4,7H,5-6,8H2,1-2H3. The number of alkyl halides is 1. The van der Waals surface area contributed by atoms with Crippen molar-refractivity contribution in [1.82, 2.24) is 14.7 Å². The van der Waals surface area contributed by atoms with Crippen molar-refractivity contribution in [3.63, 3.8) is 0 Å². The number of nitrogens with zero attached hydrogens (tertiary/aromatic N) is 3. The van der Waals surface area contributed by atoms with Crippen LogP contribution in [0.1, 0.15) is 22.8 Å². The van der Waals surface area contributed by atoms with Crippen LogP contribution in [0.2, 0.25) is 0 Å². The predicted molar refractivity (Wildman–Crippen MR) is 86.9 cm³/mol. The number of aromatic nitrogens is 3. The SMILES string of the molecule is Cc1noc(C)c1Cn1c(CCCl)nc2ccc(Br)cc21. The maximum absolute atomic E-state index is 5.92. The molecule has 0 aliphatic heterocycles. The van der Waals surface area contributed by atoms with Gasteiger partial charge < -0.3 is 9.09 Å². The Labute approximate surface area is 136 Å². The van der Waals surface area contributed by atoms with E-state index in [0.717, 1.165) is 44.8 Å². The van der Waals surface area contributed by atoms with Gasteiger partial charge in [-0.1, -0.05) is 21.1 Å². The van der Waals surface area contributed by atoms with Crippen LogP contribution in [0, 0.1) is 13.8 Å². The lowest BCUT2D eigenvalue weighted by Crippen LogP contribution is -2.07. The Balaban J connectivity index is 2.14. The number of aryl methyl sites for hydroxylation is 3. The van der Waals surface area contributed by atoms with Crippen LogP contribution in [-0.2, 0) is 13.0 Å². The fraction of sp³-hybridized carbons (Fsp3) is 0.333. The fourth-order valence-corrected chi connectivity index (χ4v) is 3.00. The second kappa shape index (κ2) is 5.81. The third kappa shape index (κ3) is 2.72. The second-order valence-corrected chi connectivity index (χ2v) is 6.28. The first kappa shape index (κ1) is 14.6. The summed E-state index contributed by atoms with van der Waals surface area (Å²) in [4.78, 5) is 4.69. The number of imidazole rings is 1. The molecular weight excluding hydrogens is 354 g/mol. The summed E-state index contributed by atoms with van der Waals surface area (Å²) in [5.41, 5.74) is 4.08. The highest BCUT2D eigenvalue weighted by molar-refractivity contribution is 9.10. The van der Waals surface area contributed by atoms with Gasteiger partial charge in [-0.15, -0.1) is 11.6 Å². The number of hydrogen-bond donors (Lipinski definition) is 0. The van der Waals surface area contributed by atoms with Crippen LogP contribution in [0.4, 0.5) is 0 Å². The summed E-state index contributed by atoms with van der Waals surface area (Å²) >= 11 is 9.44. The van der Waals surface area contributed by atoms with Crippen LogP contribution in [0.3, 0.4) is 0 Å². The monoisotopic (exact) mass is 367 g/mol. The molecule has 21 heavy (non-hydrogen) atoms. The number of rotatable bonds is 4. The first-order chi connectivity index (χ1) is 10.1. The van der Waals surface area contributed by atoms with E-state index < -0.39 is 0 Å². The van der Waals surface area contributed by atoms with Crippen molar-refractivity contribution in [3.8, 4) is 0 Å². The lowest BCUT2D eigenvalue weighted by molar-refractivity contribution is 0.392. The van der Waals surface area contributed by atoms with Crippen LogP contribution in [0.15, 0.2) is 27.2 Å². The molecule has 0 amide bonds. The lowest BCUT2D eigenvalue weighted by Gasteiger charge is -2.08. The molecule has 2 heterocycles. The Morgan fingerprint density at radius 1 is 1.33 bits per heavy atom. The Morgan fingerprint density at radius 3 is 2.81 bits per heavy atom. The van der Waals surface area contributed by atoms with Gasteiger partial charge in [-0.3, -0.25) is 0 Å². The van der Waals surface area contributed by atoms with Gasteiger partial charge >= 0.3 is 0 Å². The first-order valence-corrected chi connectivity index (χ1v) is 8.05. The molecule has 0 spiro atoms. The molecular formula is C15H15BrClN3O. The number of hydrogen-bond acceptors (Lipinski definition) is 3. The van der Waals surface area contributed by atoms with Gasteiger partial charge in [-0.25, -0.2) is 4.98 Å². The summed E-state index contributed by atoms with van der Waals surface area (Å²) in [6, 6.07) is 6.10. The first-order valence-electron chi connectivity index (χ1n) is 6.72. The highest BCUT2D eigenvalue weighted by Crippen LogP contribution is 2.24. The van der Waals surface area contributed by atoms with E-state index in [4.69, 9.17) is 21.1 Å². The average molecular weight is 369 g/mol. The minimum Gasteiger partial charge on any atom is -0.361 e. The van der Waals surface area contributed by atoms with Gasteiger partial charge in [0.1, 0.15) is 11.6 Å². The Hall–Kier alpha value is -1.33. The molecule has 0 fully saturated rings. The van der Waals surface area contributed by atoms with E-state index in [0.29, 0.717) is 12.4 Å². The summed E-state index contributed by atoms with van der Waals surface area (Å²) in [5.74, 6) is 2.38. The lowest BCUT2D eigenvalue weighted by atomic mass is 10.2. The van der Waals surface area contributed by atoms with Crippen molar-refractivity contribution < 1.29 is 4.52 Å². The zero-order chi connectivity index (χ0) is 15.0. The van der Waals surface area contributed by atoms with Crippen LogP contribution in [0.5, 0.6) is 0 Å². The van der Waals surface area contributed by atoms with E-state index in [-0.39, 0.29) is 0 Å². The molecule has 3 rings (SSSR count). The predicted octanol–water partition coefficient (Wildman–Crippen LogP) is 4.23. The molecule has 0 aliphatic rings. The average Bonchev–Trinajstić information content (AvgIpc) is 2.94. The van der Waals surface area contributed by atoms with Crippen LogP contribution >= 0.6 is 27.5 Å². The van der Waals surface area contributed by atoms with Crippen molar-refractivity contribution in [2.24, 2.45) is 0 Å². The van der Waals surface area contributed by atoms with Crippen molar-refractivity contribution >= 4 is 38.6 Å². The van der Waals surface area contributed by atoms with E-state index in [1.54, 1.807) is 0 Å². The van der Waals surface area contributed by atoms with Gasteiger partial charge in [0.25, 0.3) is 0 Å². The van der Waals surface area contributed by atoms with Gasteiger partial charge in [0.05, 0.1) is 23.3 Å². The molecule has 0 saturated heterocycles. The molecule has 1 aromatic carbocycles. The largest absolute Gasteiger partial charge is 0.361 e. The number of halogens is 2. The zero-order valence-corrected chi connectivity index (χ0v) is 14.2. The highest BCUT2D eigenvalue weighted by Gasteiger charge is 2.15. The second-order valence-electron chi connectivity index (χ2n) is 4.99. The van der Waals surface area contributed by atoms with Gasteiger partial charge in [0.2, 0.25) is 0 Å². The molecule has 0 bridgehead atoms. The molecule has 0 atom stereocenters. The molecule has 3 aromatic rings. The van der Waals surface area contributed by atoms with Crippen LogP contribution in [-0.4, -0.2) is 20.6 Å². The molecule has 0 aliphatic carbocycles. The zero-order valence-electron chi connectivity index (χ0n) is 11.9. The third-order valence-electron chi connectivity index (χ3n) is 3.60. The molecule has 2 aromatic heterocycles. The number of benzene rings is 1. The topological polar surface area (TPSA) is 43.9 Å². The molecule has 110 valence electrons. The van der Waals surface area contributed by atoms with E-state index in [1.807, 2.05) is 26.0 Å². The van der Waals surface area contributed by atoms with E-state index in [2.05, 4.69) is 31.7 Å². The number of fused-ring (bicyclic) bond motifs is 1. The van der Waals surface area contributed by atoms with Crippen molar-refractivity contribution in [3.05, 3.63) is 45.5 Å². The van der Waals surface area contributed by atoms with Crippen LogP contribution in [0.25, 0.3) is 11.0 Å². The van der Waals surface area contributed by atoms with Crippen LogP contribution < -0.4 is 0 Å². The maximum Gasteiger partial charge on any atom is 0.138 e. The normalized spacial score (nSPS) is 11.4. The summed E-state index contributed by atoms with van der Waals surface area (Å²) in [5, 5.41) is 4.03. The summed E-state index contributed by atoms with van der Waals surface area (Å²) in [7, 11) is 0. The highest BCUT2D eigenvalue weighted by atomic mass is 79.9. The van der Waals surface area contributed by atoms with Gasteiger partial charge in [-0.05, 0) is 32.0 Å². The Kier molecular flexibility index (Phi) is 4.04. The fourth-order valence-electron chi connectivity index (χ4n) is 2.48. The van der Waals surface area contributed by atoms with Crippen molar-refractivity contribution in [2.75, 3.05) is 5.88 Å². The molecule has 0 saturated carbocycles. The molecule has 0 unspecified atom stereocenters. The summed E-state index contributed by atoms with van der Waals surface area (Å²) < 4.78 is 8.48. The summed E-state index contributed by atoms with van der Waals surface area (Å²) in [6.07, 6.45) is 0.733. The molecule has 6 heteroatoms. The molecule has 4 nitrogen and oxygen atoms in total. The third-order valence-corrected chi connectivity index (χ3v) is 4.29. The quantitative estimate of drug-likeness (QED) is 0.647. The van der Waals surface area contributed by atoms with Gasteiger partial charge in [0.15, 0.2) is 0 Å². The Bertz CT molecular complexity index is 774. The minimum absolute atomic E-state index is 0.548. The molecule has 0 N–H and O–H groups in total. The Morgan fingerprint density at radius 2 is 2.14 bits per heavy atom. The molecule has 0 radical (unpaired) electrons. The van der Waals surface area contributed by atoms with Crippen molar-refractivity contribution in [2.45, 2.75) is 26.8 Å². The van der Waals surface area contributed by atoms with Crippen molar-refractivity contribution in [1.29, 1.82) is 0 Å². The smallest absolute Gasteiger partial charge is 0.138 e. The summed E-state index contributed by atoms with van der Waals surface area (Å²) in [6.45, 7) is 4.59. The van der Waals surface area contributed by atoms with E-state index >= 15 is 0 Å². The van der Waals surface area contributed by atoms with Gasteiger partial charge in [0, 0.05) is 22.3 Å². The van der Waals surface area contributed by atoms with Gasteiger partial charge in [-0.2, -0.15) is 0 Å². The minimum atomic E-state index is 0.548. The maximum atomic E-state index is 5.92. The van der Waals surface area contributed by atoms with E-state index in [9.17, 15) is 0 Å². The van der Waals surface area contributed by atoms with E-state index in [1.165, 1.54) is 0 Å².